The number of rotatable bonds is 5. The zero-order chi connectivity index (χ0) is 25.2. The largest absolute Gasteiger partial charge is 0.452 e. The first kappa shape index (κ1) is 22.8. The molecule has 0 unspecified atom stereocenters. The van der Waals surface area contributed by atoms with Gasteiger partial charge in [-0.05, 0) is 72.4 Å². The molecule has 0 saturated heterocycles. The molecule has 0 radical (unpaired) electrons. The van der Waals surface area contributed by atoms with Crippen molar-refractivity contribution in [1.29, 1.82) is 0 Å². The number of hydrogen-bond donors (Lipinski definition) is 0. The number of nitrogens with zero attached hydrogens (tertiary/aromatic N) is 3. The number of ether oxygens (including phenoxy) is 1. The highest BCUT2D eigenvalue weighted by molar-refractivity contribution is 6.06. The monoisotopic (exact) mass is 491 g/mol. The Bertz CT molecular complexity index is 1630. The number of allylic oxidation sites excluding steroid dienone is 1. The average Bonchev–Trinajstić information content (AvgIpc) is 3.42. The van der Waals surface area contributed by atoms with E-state index in [1.165, 1.54) is 12.1 Å². The molecule has 37 heavy (non-hydrogen) atoms. The van der Waals surface area contributed by atoms with Crippen molar-refractivity contribution < 1.29 is 18.3 Å². The van der Waals surface area contributed by atoms with Crippen LogP contribution < -0.4 is 0 Å². The fourth-order valence-electron chi connectivity index (χ4n) is 4.68. The Kier molecular flexibility index (Phi) is 6.02. The quantitative estimate of drug-likeness (QED) is 0.256. The summed E-state index contributed by atoms with van der Waals surface area (Å²) < 4.78 is 24.8. The molecule has 0 spiro atoms. The van der Waals surface area contributed by atoms with Crippen LogP contribution in [-0.2, 0) is 17.8 Å². The lowest BCUT2D eigenvalue weighted by atomic mass is 9.86. The average molecular weight is 492 g/mol. The Labute approximate surface area is 212 Å². The van der Waals surface area contributed by atoms with Gasteiger partial charge in [0.15, 0.2) is 6.61 Å². The zero-order valence-electron chi connectivity index (χ0n) is 19.9. The SMILES string of the molecule is O=C(OCc1nnc(-c2ccccc2)o1)c1c2c(nc3ccccc13)/C(=C/c1ccc(F)cc1)CCC2. The van der Waals surface area contributed by atoms with Crippen molar-refractivity contribution >= 4 is 28.5 Å². The second kappa shape index (κ2) is 9.78. The number of fused-ring (bicyclic) bond motifs is 2. The molecule has 0 N–H and O–H groups in total. The Morgan fingerprint density at radius 3 is 2.57 bits per heavy atom. The van der Waals surface area contributed by atoms with Crippen LogP contribution in [0.4, 0.5) is 4.39 Å². The number of carbonyl (C=O) groups excluding carboxylic acids is 1. The summed E-state index contributed by atoms with van der Waals surface area (Å²) in [7, 11) is 0. The summed E-state index contributed by atoms with van der Waals surface area (Å²) in [5, 5.41) is 8.84. The van der Waals surface area contributed by atoms with Gasteiger partial charge in [-0.3, -0.25) is 0 Å². The van der Waals surface area contributed by atoms with Gasteiger partial charge in [0.2, 0.25) is 5.89 Å². The Morgan fingerprint density at radius 2 is 1.73 bits per heavy atom. The summed E-state index contributed by atoms with van der Waals surface area (Å²) in [5.41, 5.74) is 5.55. The predicted octanol–water partition coefficient (Wildman–Crippen LogP) is 6.66. The maximum absolute atomic E-state index is 13.5. The van der Waals surface area contributed by atoms with Gasteiger partial charge >= 0.3 is 5.97 Å². The molecule has 7 heteroatoms. The van der Waals surface area contributed by atoms with Crippen LogP contribution >= 0.6 is 0 Å². The summed E-state index contributed by atoms with van der Waals surface area (Å²) in [6.45, 7) is -0.137. The van der Waals surface area contributed by atoms with Crippen LogP contribution in [0.15, 0.2) is 83.3 Å². The molecule has 2 aromatic heterocycles. The molecular weight excluding hydrogens is 469 g/mol. The molecule has 0 saturated carbocycles. The van der Waals surface area contributed by atoms with Crippen LogP contribution in [0.25, 0.3) is 34.0 Å². The van der Waals surface area contributed by atoms with Gasteiger partial charge in [-0.25, -0.2) is 14.2 Å². The van der Waals surface area contributed by atoms with E-state index in [9.17, 15) is 9.18 Å². The number of hydrogen-bond acceptors (Lipinski definition) is 6. The summed E-state index contributed by atoms with van der Waals surface area (Å²) in [6.07, 6.45) is 4.40. The third-order valence-electron chi connectivity index (χ3n) is 6.40. The normalized spacial score (nSPS) is 14.0. The lowest BCUT2D eigenvalue weighted by molar-refractivity contribution is 0.0439. The molecule has 0 bridgehead atoms. The number of carbonyl (C=O) groups is 1. The van der Waals surface area contributed by atoms with Crippen molar-refractivity contribution in [1.82, 2.24) is 15.2 Å². The fraction of sp³-hybridized carbons (Fsp3) is 0.133. The number of para-hydroxylation sites is 1. The highest BCUT2D eigenvalue weighted by Gasteiger charge is 2.26. The summed E-state index contributed by atoms with van der Waals surface area (Å²) in [6, 6.07) is 23.3. The van der Waals surface area contributed by atoms with Crippen LogP contribution in [-0.4, -0.2) is 21.2 Å². The number of esters is 1. The molecule has 0 fully saturated rings. The molecule has 1 aliphatic carbocycles. The summed E-state index contributed by atoms with van der Waals surface area (Å²) in [5.74, 6) is -0.153. The number of pyridine rings is 1. The van der Waals surface area contributed by atoms with Crippen molar-refractivity contribution in [2.45, 2.75) is 25.9 Å². The molecule has 0 aliphatic heterocycles. The Hall–Kier alpha value is -4.65. The van der Waals surface area contributed by atoms with Crippen LogP contribution in [0.3, 0.4) is 0 Å². The number of benzene rings is 3. The van der Waals surface area contributed by atoms with E-state index in [0.29, 0.717) is 23.4 Å². The lowest BCUT2D eigenvalue weighted by Gasteiger charge is -2.22. The van der Waals surface area contributed by atoms with Gasteiger partial charge in [-0.1, -0.05) is 48.5 Å². The second-order valence-corrected chi connectivity index (χ2v) is 8.85. The van der Waals surface area contributed by atoms with E-state index in [0.717, 1.165) is 46.2 Å². The van der Waals surface area contributed by atoms with E-state index < -0.39 is 5.97 Å². The predicted molar refractivity (Wildman–Crippen MR) is 138 cm³/mol. The molecule has 0 atom stereocenters. The van der Waals surface area contributed by atoms with E-state index in [2.05, 4.69) is 10.2 Å². The smallest absolute Gasteiger partial charge is 0.339 e. The number of halogens is 1. The van der Waals surface area contributed by atoms with Crippen molar-refractivity contribution in [2.75, 3.05) is 0 Å². The molecule has 3 aromatic carbocycles. The van der Waals surface area contributed by atoms with Crippen LogP contribution in [0.2, 0.25) is 0 Å². The van der Waals surface area contributed by atoms with E-state index in [-0.39, 0.29) is 18.3 Å². The molecule has 5 aromatic rings. The molecule has 0 amide bonds. The van der Waals surface area contributed by atoms with Crippen molar-refractivity contribution in [2.24, 2.45) is 0 Å². The van der Waals surface area contributed by atoms with E-state index >= 15 is 0 Å². The molecule has 1 aliphatic rings. The lowest BCUT2D eigenvalue weighted by Crippen LogP contribution is -2.15. The minimum Gasteiger partial charge on any atom is -0.452 e. The standard InChI is InChI=1S/C30H22FN3O3/c31-22-15-13-19(14-16-22)17-21-9-6-11-24-27(23-10-4-5-12-25(23)32-28(21)24)30(35)36-18-26-33-34-29(37-26)20-7-2-1-3-8-20/h1-5,7-8,10,12-17H,6,9,11,18H2/b21-17+. The van der Waals surface area contributed by atoms with Crippen LogP contribution in [0, 0.1) is 5.82 Å². The zero-order valence-corrected chi connectivity index (χ0v) is 19.9. The summed E-state index contributed by atoms with van der Waals surface area (Å²) in [4.78, 5) is 18.4. The van der Waals surface area contributed by atoms with Crippen molar-refractivity contribution in [3.8, 4) is 11.5 Å². The molecular formula is C30H22FN3O3. The first-order valence-corrected chi connectivity index (χ1v) is 12.1. The van der Waals surface area contributed by atoms with Crippen molar-refractivity contribution in [3.05, 3.63) is 113 Å². The van der Waals surface area contributed by atoms with Crippen LogP contribution in [0.1, 0.15) is 45.9 Å². The van der Waals surface area contributed by atoms with Crippen LogP contribution in [0.5, 0.6) is 0 Å². The van der Waals surface area contributed by atoms with Gasteiger partial charge in [0, 0.05) is 10.9 Å². The second-order valence-electron chi connectivity index (χ2n) is 8.85. The molecule has 182 valence electrons. The highest BCUT2D eigenvalue weighted by Crippen LogP contribution is 2.36. The van der Waals surface area contributed by atoms with Crippen molar-refractivity contribution in [3.63, 3.8) is 0 Å². The van der Waals surface area contributed by atoms with Gasteiger partial charge in [-0.2, -0.15) is 0 Å². The minimum atomic E-state index is -0.461. The Morgan fingerprint density at radius 1 is 0.946 bits per heavy atom. The van der Waals surface area contributed by atoms with Gasteiger partial charge in [0.1, 0.15) is 5.82 Å². The van der Waals surface area contributed by atoms with Gasteiger partial charge in [-0.15, -0.1) is 10.2 Å². The fourth-order valence-corrected chi connectivity index (χ4v) is 4.68. The topological polar surface area (TPSA) is 78.1 Å². The first-order valence-electron chi connectivity index (χ1n) is 12.1. The molecule has 2 heterocycles. The van der Waals surface area contributed by atoms with Gasteiger partial charge < -0.3 is 9.15 Å². The summed E-state index contributed by atoms with van der Waals surface area (Å²) >= 11 is 0. The minimum absolute atomic E-state index is 0.137. The highest BCUT2D eigenvalue weighted by atomic mass is 19.1. The number of aromatic nitrogens is 3. The molecule has 6 rings (SSSR count). The first-order chi connectivity index (χ1) is 18.2. The van der Waals surface area contributed by atoms with E-state index in [4.69, 9.17) is 14.1 Å². The maximum atomic E-state index is 13.5. The molecule has 6 nitrogen and oxygen atoms in total. The van der Waals surface area contributed by atoms with E-state index in [1.807, 2.05) is 60.7 Å². The third-order valence-corrected chi connectivity index (χ3v) is 6.40. The van der Waals surface area contributed by atoms with Gasteiger partial charge in [0.25, 0.3) is 5.89 Å². The maximum Gasteiger partial charge on any atom is 0.339 e. The third kappa shape index (κ3) is 4.63. The van der Waals surface area contributed by atoms with Gasteiger partial charge in [0.05, 0.1) is 16.8 Å². The van der Waals surface area contributed by atoms with E-state index in [1.54, 1.807) is 12.1 Å². The Balaban J connectivity index is 1.34.